The number of hydrogen-bond donors (Lipinski definition) is 0. The van der Waals surface area contributed by atoms with Crippen LogP contribution >= 0.6 is 0 Å². The number of ether oxygens (including phenoxy) is 3. The van der Waals surface area contributed by atoms with E-state index >= 15 is 0 Å². The minimum atomic E-state index is -0.427. The lowest BCUT2D eigenvalue weighted by atomic mass is 9.40. The van der Waals surface area contributed by atoms with Crippen molar-refractivity contribution in [2.45, 2.75) is 63.4 Å². The van der Waals surface area contributed by atoms with E-state index in [-0.39, 0.29) is 16.9 Å². The first-order valence-electron chi connectivity index (χ1n) is 11.6. The Morgan fingerprint density at radius 3 is 1.97 bits per heavy atom. The maximum Gasteiger partial charge on any atom is 0.174 e. The molecular weight excluding hydrogens is 372 g/mol. The monoisotopic (exact) mass is 404 g/mol. The molecule has 3 heteroatoms. The van der Waals surface area contributed by atoms with Gasteiger partial charge in [-0.2, -0.15) is 0 Å². The van der Waals surface area contributed by atoms with Crippen LogP contribution < -0.4 is 0 Å². The third kappa shape index (κ3) is 2.12. The Labute approximate surface area is 179 Å². The van der Waals surface area contributed by atoms with Crippen LogP contribution in [0.4, 0.5) is 0 Å². The molecule has 0 radical (unpaired) electrons. The molecule has 0 unspecified atom stereocenters. The van der Waals surface area contributed by atoms with Crippen LogP contribution in [0.25, 0.3) is 0 Å². The molecule has 2 saturated heterocycles. The van der Waals surface area contributed by atoms with Crippen molar-refractivity contribution < 1.29 is 14.2 Å². The van der Waals surface area contributed by atoms with Crippen molar-refractivity contribution in [1.29, 1.82) is 0 Å². The van der Waals surface area contributed by atoms with E-state index in [9.17, 15) is 0 Å². The van der Waals surface area contributed by atoms with Crippen LogP contribution in [0.1, 0.15) is 57.1 Å². The van der Waals surface area contributed by atoms with Gasteiger partial charge in [-0.25, -0.2) is 0 Å². The van der Waals surface area contributed by atoms with E-state index in [0.717, 1.165) is 38.9 Å². The molecule has 0 aromatic heterocycles. The summed E-state index contributed by atoms with van der Waals surface area (Å²) in [6, 6.07) is 21.8. The number of hydrogen-bond acceptors (Lipinski definition) is 3. The molecule has 2 heterocycles. The molecule has 4 atom stereocenters. The Hall–Kier alpha value is -1.68. The Bertz CT molecular complexity index is 880. The molecule has 4 aliphatic rings. The van der Waals surface area contributed by atoms with E-state index in [4.69, 9.17) is 14.2 Å². The maximum absolute atomic E-state index is 6.97. The first-order chi connectivity index (χ1) is 14.6. The third-order valence-electron chi connectivity index (χ3n) is 9.15. The first kappa shape index (κ1) is 19.0. The lowest BCUT2D eigenvalue weighted by molar-refractivity contribution is -0.391. The number of benzene rings is 2. The second kappa shape index (κ2) is 6.41. The van der Waals surface area contributed by atoms with Crippen LogP contribution in [0.5, 0.6) is 0 Å². The predicted octanol–water partition coefficient (Wildman–Crippen LogP) is 5.68. The molecule has 0 amide bonds. The van der Waals surface area contributed by atoms with Crippen molar-refractivity contribution >= 4 is 0 Å². The summed E-state index contributed by atoms with van der Waals surface area (Å²) in [6.07, 6.45) is 5.83. The Morgan fingerprint density at radius 2 is 1.37 bits per heavy atom. The van der Waals surface area contributed by atoms with Crippen molar-refractivity contribution in [3.05, 3.63) is 71.8 Å². The molecule has 2 aliphatic heterocycles. The molecule has 30 heavy (non-hydrogen) atoms. The highest BCUT2D eigenvalue weighted by Crippen LogP contribution is 2.74. The molecule has 6 rings (SSSR count). The molecular formula is C27H32O3. The summed E-state index contributed by atoms with van der Waals surface area (Å²) < 4.78 is 19.8. The Morgan fingerprint density at radius 1 is 0.767 bits per heavy atom. The van der Waals surface area contributed by atoms with Gasteiger partial charge < -0.3 is 14.2 Å². The SMILES string of the molecule is C[C@]12[C@H](CC[C@]3(C)[C@@H]1CCCC31OCCO1)OC2(c1ccccc1)c1ccccc1. The molecule has 2 aromatic carbocycles. The smallest absolute Gasteiger partial charge is 0.174 e. The third-order valence-corrected chi connectivity index (χ3v) is 9.15. The van der Waals surface area contributed by atoms with E-state index in [0.29, 0.717) is 5.92 Å². The van der Waals surface area contributed by atoms with Gasteiger partial charge in [0.1, 0.15) is 5.60 Å². The van der Waals surface area contributed by atoms with Crippen LogP contribution in [0.15, 0.2) is 60.7 Å². The van der Waals surface area contributed by atoms with Gasteiger partial charge in [0.05, 0.1) is 19.3 Å². The molecule has 2 aliphatic carbocycles. The lowest BCUT2D eigenvalue weighted by Crippen LogP contribution is -2.76. The molecule has 2 aromatic rings. The van der Waals surface area contributed by atoms with Crippen molar-refractivity contribution in [2.24, 2.45) is 16.7 Å². The lowest BCUT2D eigenvalue weighted by Gasteiger charge is -2.73. The van der Waals surface area contributed by atoms with Crippen LogP contribution in [0, 0.1) is 16.7 Å². The van der Waals surface area contributed by atoms with Crippen molar-refractivity contribution in [2.75, 3.05) is 13.2 Å². The molecule has 158 valence electrons. The average Bonchev–Trinajstić information content (AvgIpc) is 3.25. The van der Waals surface area contributed by atoms with E-state index in [1.165, 1.54) is 17.5 Å². The maximum atomic E-state index is 6.97. The summed E-state index contributed by atoms with van der Waals surface area (Å²) in [5, 5.41) is 0. The van der Waals surface area contributed by atoms with E-state index in [1.54, 1.807) is 0 Å². The van der Waals surface area contributed by atoms with Crippen LogP contribution in [-0.4, -0.2) is 25.1 Å². The summed E-state index contributed by atoms with van der Waals surface area (Å²) in [5.74, 6) is 0.0586. The Balaban J connectivity index is 1.54. The minimum absolute atomic E-state index is 0.00555. The summed E-state index contributed by atoms with van der Waals surface area (Å²) in [4.78, 5) is 0. The van der Waals surface area contributed by atoms with E-state index in [1.807, 2.05) is 0 Å². The molecule has 0 N–H and O–H groups in total. The van der Waals surface area contributed by atoms with Gasteiger partial charge in [0, 0.05) is 17.3 Å². The average molecular weight is 405 g/mol. The zero-order valence-corrected chi connectivity index (χ0v) is 18.1. The summed E-state index contributed by atoms with van der Waals surface area (Å²) in [6.45, 7) is 6.39. The van der Waals surface area contributed by atoms with Gasteiger partial charge in [-0.1, -0.05) is 74.5 Å². The standard InChI is InChI=1S/C27H32O3/c1-24-17-15-23-25(2,22(24)14-9-16-26(24)28-18-19-29-26)27(30-23,20-10-5-3-6-11-20)21-12-7-4-8-13-21/h3-8,10-13,22-23H,9,14-19H2,1-2H3/t22-,23-,24+,25+/m0/s1. The molecule has 0 bridgehead atoms. The summed E-state index contributed by atoms with van der Waals surface area (Å²) >= 11 is 0. The molecule has 1 spiro atoms. The second-order valence-electron chi connectivity index (χ2n) is 10.2. The predicted molar refractivity (Wildman–Crippen MR) is 116 cm³/mol. The highest BCUT2D eigenvalue weighted by Gasteiger charge is 2.76. The fourth-order valence-corrected chi connectivity index (χ4v) is 7.82. The van der Waals surface area contributed by atoms with Gasteiger partial charge in [-0.3, -0.25) is 0 Å². The van der Waals surface area contributed by atoms with Crippen molar-refractivity contribution in [3.8, 4) is 0 Å². The first-order valence-corrected chi connectivity index (χ1v) is 11.6. The Kier molecular flexibility index (Phi) is 4.07. The number of rotatable bonds is 2. The van der Waals surface area contributed by atoms with Gasteiger partial charge in [0.15, 0.2) is 5.79 Å². The summed E-state index contributed by atoms with van der Waals surface area (Å²) in [7, 11) is 0. The van der Waals surface area contributed by atoms with E-state index < -0.39 is 11.4 Å². The normalized spacial score (nSPS) is 38.5. The second-order valence-corrected chi connectivity index (χ2v) is 10.2. The highest BCUT2D eigenvalue weighted by atomic mass is 16.7. The van der Waals surface area contributed by atoms with E-state index in [2.05, 4.69) is 74.5 Å². The molecule has 2 saturated carbocycles. The zero-order valence-electron chi connectivity index (χ0n) is 18.1. The van der Waals surface area contributed by atoms with Crippen LogP contribution in [0.2, 0.25) is 0 Å². The summed E-state index contributed by atoms with van der Waals surface area (Å²) in [5.41, 5.74) is 2.11. The zero-order chi connectivity index (χ0) is 20.5. The van der Waals surface area contributed by atoms with Gasteiger partial charge in [0.2, 0.25) is 0 Å². The van der Waals surface area contributed by atoms with Gasteiger partial charge >= 0.3 is 0 Å². The topological polar surface area (TPSA) is 27.7 Å². The van der Waals surface area contributed by atoms with Gasteiger partial charge in [-0.05, 0) is 42.7 Å². The molecule has 4 fully saturated rings. The number of fused-ring (bicyclic) bond motifs is 4. The fraction of sp³-hybridized carbons (Fsp3) is 0.556. The quantitative estimate of drug-likeness (QED) is 0.645. The van der Waals surface area contributed by atoms with Crippen molar-refractivity contribution in [1.82, 2.24) is 0 Å². The van der Waals surface area contributed by atoms with Crippen molar-refractivity contribution in [3.63, 3.8) is 0 Å². The fourth-order valence-electron chi connectivity index (χ4n) is 7.82. The minimum Gasteiger partial charge on any atom is -0.361 e. The van der Waals surface area contributed by atoms with Gasteiger partial charge in [-0.15, -0.1) is 0 Å². The van der Waals surface area contributed by atoms with Crippen LogP contribution in [-0.2, 0) is 19.8 Å². The largest absolute Gasteiger partial charge is 0.361 e. The van der Waals surface area contributed by atoms with Crippen LogP contribution in [0.3, 0.4) is 0 Å². The van der Waals surface area contributed by atoms with Gasteiger partial charge in [0.25, 0.3) is 0 Å². The highest BCUT2D eigenvalue weighted by molar-refractivity contribution is 5.44. The molecule has 3 nitrogen and oxygen atoms in total.